The summed E-state index contributed by atoms with van der Waals surface area (Å²) < 4.78 is 0.492. The summed E-state index contributed by atoms with van der Waals surface area (Å²) >= 11 is 3.15. The monoisotopic (exact) mass is 216 g/mol. The molecule has 1 aromatic rings. The Morgan fingerprint density at radius 3 is 2.08 bits per heavy atom. The Hall–Kier alpha value is -0.305. The zero-order valence-electron chi connectivity index (χ0n) is 6.56. The highest BCUT2D eigenvalue weighted by atomic mass is 79.9. The van der Waals surface area contributed by atoms with E-state index in [1.807, 2.05) is 0 Å². The molecule has 0 spiro atoms. The van der Waals surface area contributed by atoms with E-state index in [9.17, 15) is 5.11 Å². The fourth-order valence-electron chi connectivity index (χ4n) is 0.889. The molecule has 0 aromatic heterocycles. The summed E-state index contributed by atoms with van der Waals surface area (Å²) in [6.07, 6.45) is 0. The highest BCUT2D eigenvalue weighted by Gasteiger charge is 2.10. The van der Waals surface area contributed by atoms with Gasteiger partial charge in [0.25, 0.3) is 0 Å². The summed E-state index contributed by atoms with van der Waals surface area (Å²) in [5.41, 5.74) is 1.44. The highest BCUT2D eigenvalue weighted by molar-refractivity contribution is 9.10. The molecule has 1 nitrogen and oxygen atoms in total. The van der Waals surface area contributed by atoms with Gasteiger partial charge in [-0.3, -0.25) is 0 Å². The smallest absolute Gasteiger partial charge is 0.122 e. The van der Waals surface area contributed by atoms with E-state index in [0.717, 1.165) is 0 Å². The highest BCUT2D eigenvalue weighted by Crippen LogP contribution is 2.22. The first kappa shape index (κ1) is 9.78. The molecule has 54 valence electrons. The van der Waals surface area contributed by atoms with Crippen molar-refractivity contribution in [1.82, 2.24) is 0 Å². The van der Waals surface area contributed by atoms with Crippen molar-refractivity contribution < 1.29 is 5.11 Å². The van der Waals surface area contributed by atoms with Gasteiger partial charge in [-0.2, -0.15) is 0 Å². The van der Waals surface area contributed by atoms with Gasteiger partial charge >= 0.3 is 0 Å². The Morgan fingerprint density at radius 2 is 1.58 bits per heavy atom. The maximum atomic E-state index is 9.38. The number of benzene rings is 1. The van der Waals surface area contributed by atoms with Crippen LogP contribution >= 0.6 is 15.9 Å². The van der Waals surface area contributed by atoms with Crippen LogP contribution in [0.25, 0.3) is 0 Å². The zero-order valence-corrected chi connectivity index (χ0v) is 8.14. The van der Waals surface area contributed by atoms with Crippen molar-refractivity contribution >= 4 is 55.9 Å². The molecule has 0 saturated heterocycles. The van der Waals surface area contributed by atoms with Crippen LogP contribution in [0.2, 0.25) is 0 Å². The summed E-state index contributed by atoms with van der Waals surface area (Å²) in [4.78, 5) is 0. The van der Waals surface area contributed by atoms with Crippen LogP contribution < -0.4 is 16.4 Å². The average Bonchev–Trinajstić information content (AvgIpc) is 2.08. The molecule has 5 heteroatoms. The largest absolute Gasteiger partial charge is 0.507 e. The topological polar surface area (TPSA) is 20.2 Å². The standard InChI is InChI=1S/C7H4B3BrO/c1-2-3(8)4(9)5(10)7(12)6(2)11/h12H,1H3. The van der Waals surface area contributed by atoms with Gasteiger partial charge < -0.3 is 5.11 Å². The minimum atomic E-state index is -0.0563. The molecular formula is C7H4B3BrO. The van der Waals surface area contributed by atoms with Crippen molar-refractivity contribution in [2.75, 3.05) is 0 Å². The maximum absolute atomic E-state index is 9.38. The molecule has 0 saturated carbocycles. The lowest BCUT2D eigenvalue weighted by atomic mass is 9.70. The molecule has 0 heterocycles. The molecule has 1 N–H and O–H groups in total. The summed E-state index contributed by atoms with van der Waals surface area (Å²) in [7, 11) is 16.6. The lowest BCUT2D eigenvalue weighted by molar-refractivity contribution is 0.476. The van der Waals surface area contributed by atoms with Crippen molar-refractivity contribution in [3.63, 3.8) is 0 Å². The number of hydrogen-bond acceptors (Lipinski definition) is 1. The summed E-state index contributed by atoms with van der Waals surface area (Å²) in [5.74, 6) is -0.0563. The number of hydrogen-bond donors (Lipinski definition) is 1. The molecular weight excluding hydrogens is 212 g/mol. The third-order valence-electron chi connectivity index (χ3n) is 1.78. The number of aromatic hydroxyl groups is 1. The maximum Gasteiger partial charge on any atom is 0.122 e. The fourth-order valence-corrected chi connectivity index (χ4v) is 1.32. The molecule has 0 fully saturated rings. The van der Waals surface area contributed by atoms with Crippen LogP contribution in [0.3, 0.4) is 0 Å². The predicted molar refractivity (Wildman–Crippen MR) is 56.7 cm³/mol. The first-order valence-corrected chi connectivity index (χ1v) is 4.07. The van der Waals surface area contributed by atoms with Gasteiger partial charge in [0.05, 0.1) is 4.47 Å². The Morgan fingerprint density at radius 1 is 1.08 bits per heavy atom. The fraction of sp³-hybridized carbons (Fsp3) is 0.143. The number of halogens is 1. The van der Waals surface area contributed by atoms with Crippen LogP contribution in [0.1, 0.15) is 5.56 Å². The number of phenolic OH excluding ortho intramolecular Hbond substituents is 1. The molecule has 12 heavy (non-hydrogen) atoms. The summed E-state index contributed by atoms with van der Waals surface area (Å²) in [5, 5.41) is 9.38. The van der Waals surface area contributed by atoms with E-state index < -0.39 is 0 Å². The van der Waals surface area contributed by atoms with Crippen molar-refractivity contribution in [2.24, 2.45) is 0 Å². The second-order valence-electron chi connectivity index (χ2n) is 2.53. The molecule has 0 unspecified atom stereocenters. The molecule has 0 aliphatic heterocycles. The molecule has 6 radical (unpaired) electrons. The van der Waals surface area contributed by atoms with E-state index in [1.54, 1.807) is 6.92 Å². The van der Waals surface area contributed by atoms with Gasteiger partial charge in [-0.25, -0.2) is 0 Å². The van der Waals surface area contributed by atoms with Crippen LogP contribution in [0.4, 0.5) is 0 Å². The first-order chi connectivity index (χ1) is 5.46. The third kappa shape index (κ3) is 1.31. The lowest BCUT2D eigenvalue weighted by Crippen LogP contribution is -2.40. The van der Waals surface area contributed by atoms with Gasteiger partial charge in [-0.05, 0) is 28.4 Å². The van der Waals surface area contributed by atoms with E-state index >= 15 is 0 Å². The molecule has 0 atom stereocenters. The van der Waals surface area contributed by atoms with Gasteiger partial charge in [-0.15, -0.1) is 5.46 Å². The number of phenols is 1. The summed E-state index contributed by atoms with van der Waals surface area (Å²) in [6.45, 7) is 1.74. The molecule has 1 aromatic carbocycles. The molecule has 0 amide bonds. The predicted octanol–water partition coefficient (Wildman–Crippen LogP) is -1.16. The van der Waals surface area contributed by atoms with Gasteiger partial charge in [-0.1, -0.05) is 10.9 Å². The second-order valence-corrected chi connectivity index (χ2v) is 3.32. The van der Waals surface area contributed by atoms with Crippen LogP contribution in [0, 0.1) is 6.92 Å². The van der Waals surface area contributed by atoms with E-state index in [-0.39, 0.29) is 16.7 Å². The van der Waals surface area contributed by atoms with Crippen molar-refractivity contribution in [3.8, 4) is 5.75 Å². The van der Waals surface area contributed by atoms with Gasteiger partial charge in [0.1, 0.15) is 29.3 Å². The summed E-state index contributed by atoms with van der Waals surface area (Å²) in [6, 6.07) is 0. The van der Waals surface area contributed by atoms with Crippen LogP contribution in [-0.2, 0) is 0 Å². The SMILES string of the molecule is [B]c1c([B])c(C)c(Br)c(O)c1[B]. The average molecular weight is 216 g/mol. The quantitative estimate of drug-likeness (QED) is 0.543. The van der Waals surface area contributed by atoms with Crippen molar-refractivity contribution in [3.05, 3.63) is 10.0 Å². The van der Waals surface area contributed by atoms with E-state index in [4.69, 9.17) is 23.5 Å². The Labute approximate surface area is 83.9 Å². The van der Waals surface area contributed by atoms with Crippen LogP contribution in [0.15, 0.2) is 4.47 Å². The Bertz CT molecular complexity index is 233. The Balaban J connectivity index is 3.60. The van der Waals surface area contributed by atoms with E-state index in [2.05, 4.69) is 15.9 Å². The van der Waals surface area contributed by atoms with Gasteiger partial charge in [0.2, 0.25) is 0 Å². The molecule has 0 aliphatic carbocycles. The molecule has 1 rings (SSSR count). The first-order valence-electron chi connectivity index (χ1n) is 3.28. The number of rotatable bonds is 0. The lowest BCUT2D eigenvalue weighted by Gasteiger charge is -2.14. The Kier molecular flexibility index (Phi) is 2.62. The zero-order chi connectivity index (χ0) is 9.46. The van der Waals surface area contributed by atoms with Gasteiger partial charge in [0, 0.05) is 0 Å². The minimum Gasteiger partial charge on any atom is -0.507 e. The normalized spacial score (nSPS) is 10.2. The molecule has 0 bridgehead atoms. The minimum absolute atomic E-state index is 0.0563. The van der Waals surface area contributed by atoms with E-state index in [1.165, 1.54) is 0 Å². The van der Waals surface area contributed by atoms with Crippen LogP contribution in [0.5, 0.6) is 5.75 Å². The van der Waals surface area contributed by atoms with Crippen molar-refractivity contribution in [1.29, 1.82) is 0 Å². The van der Waals surface area contributed by atoms with Crippen LogP contribution in [-0.4, -0.2) is 28.6 Å². The molecule has 0 aliphatic rings. The second kappa shape index (κ2) is 3.21. The van der Waals surface area contributed by atoms with Gasteiger partial charge in [0.15, 0.2) is 0 Å². The van der Waals surface area contributed by atoms with Crippen molar-refractivity contribution in [2.45, 2.75) is 6.92 Å². The van der Waals surface area contributed by atoms with E-state index in [0.29, 0.717) is 15.5 Å². The third-order valence-corrected chi connectivity index (χ3v) is 2.75.